The van der Waals surface area contributed by atoms with Crippen molar-refractivity contribution in [2.45, 2.75) is 31.8 Å². The number of phenols is 1. The number of piperidine rings is 1. The van der Waals surface area contributed by atoms with E-state index in [0.717, 1.165) is 31.4 Å². The highest BCUT2D eigenvalue weighted by atomic mass is 16.3. The van der Waals surface area contributed by atoms with E-state index in [4.69, 9.17) is 0 Å². The van der Waals surface area contributed by atoms with Crippen LogP contribution in [-0.2, 0) is 11.3 Å². The van der Waals surface area contributed by atoms with Crippen molar-refractivity contribution in [3.63, 3.8) is 0 Å². The number of amides is 1. The van der Waals surface area contributed by atoms with Gasteiger partial charge in [0.25, 0.3) is 0 Å². The van der Waals surface area contributed by atoms with E-state index in [-0.39, 0.29) is 17.7 Å². The van der Waals surface area contributed by atoms with Crippen LogP contribution in [0, 0.1) is 0 Å². The second-order valence-electron chi connectivity index (χ2n) is 4.83. The van der Waals surface area contributed by atoms with E-state index in [9.17, 15) is 9.90 Å². The first-order valence-corrected chi connectivity index (χ1v) is 6.43. The van der Waals surface area contributed by atoms with E-state index < -0.39 is 0 Å². The molecule has 1 aromatic carbocycles. The summed E-state index contributed by atoms with van der Waals surface area (Å²) in [7, 11) is 1.78. The molecule has 98 valence electrons. The smallest absolute Gasteiger partial charge is 0.239 e. The number of nitrogens with one attached hydrogen (secondary N) is 1. The standard InChI is InChI=1S/C14H20N2O2/c1-16(10-11-6-2-3-8-13(11)17)14(18)12-7-4-5-9-15-12/h2-3,6,8,12,15,17H,4-5,7,9-10H2,1H3/t12-/m0/s1. The zero-order chi connectivity index (χ0) is 13.0. The van der Waals surface area contributed by atoms with Gasteiger partial charge < -0.3 is 15.3 Å². The second kappa shape index (κ2) is 5.87. The van der Waals surface area contributed by atoms with Crippen LogP contribution < -0.4 is 5.32 Å². The van der Waals surface area contributed by atoms with Crippen molar-refractivity contribution >= 4 is 5.91 Å². The molecule has 0 aromatic heterocycles. The van der Waals surface area contributed by atoms with Crippen molar-refractivity contribution in [2.75, 3.05) is 13.6 Å². The van der Waals surface area contributed by atoms with Crippen LogP contribution in [0.25, 0.3) is 0 Å². The molecule has 0 spiro atoms. The summed E-state index contributed by atoms with van der Waals surface area (Å²) in [6, 6.07) is 7.07. The maximum absolute atomic E-state index is 12.2. The minimum atomic E-state index is -0.0606. The lowest BCUT2D eigenvalue weighted by molar-refractivity contribution is -0.133. The Bertz CT molecular complexity index is 414. The Labute approximate surface area is 108 Å². The van der Waals surface area contributed by atoms with Gasteiger partial charge in [0.05, 0.1) is 6.04 Å². The summed E-state index contributed by atoms with van der Waals surface area (Å²) >= 11 is 0. The maximum Gasteiger partial charge on any atom is 0.239 e. The molecule has 4 nitrogen and oxygen atoms in total. The summed E-state index contributed by atoms with van der Waals surface area (Å²) in [6.07, 6.45) is 3.16. The number of hydrogen-bond donors (Lipinski definition) is 2. The highest BCUT2D eigenvalue weighted by molar-refractivity contribution is 5.81. The van der Waals surface area contributed by atoms with Gasteiger partial charge in [-0.1, -0.05) is 24.6 Å². The number of aromatic hydroxyl groups is 1. The van der Waals surface area contributed by atoms with Gasteiger partial charge in [-0.15, -0.1) is 0 Å². The van der Waals surface area contributed by atoms with E-state index in [1.165, 1.54) is 0 Å². The fourth-order valence-electron chi connectivity index (χ4n) is 2.31. The first-order chi connectivity index (χ1) is 8.68. The van der Waals surface area contributed by atoms with Gasteiger partial charge in [-0.2, -0.15) is 0 Å². The minimum absolute atomic E-state index is 0.0606. The molecule has 2 rings (SSSR count). The van der Waals surface area contributed by atoms with Crippen LogP contribution in [0.5, 0.6) is 5.75 Å². The second-order valence-corrected chi connectivity index (χ2v) is 4.83. The Morgan fingerprint density at radius 2 is 2.22 bits per heavy atom. The fourth-order valence-corrected chi connectivity index (χ4v) is 2.31. The zero-order valence-electron chi connectivity index (χ0n) is 10.7. The van der Waals surface area contributed by atoms with Crippen LogP contribution >= 0.6 is 0 Å². The van der Waals surface area contributed by atoms with Crippen molar-refractivity contribution < 1.29 is 9.90 Å². The Morgan fingerprint density at radius 1 is 1.44 bits per heavy atom. The van der Waals surface area contributed by atoms with Gasteiger partial charge >= 0.3 is 0 Å². The van der Waals surface area contributed by atoms with Crippen molar-refractivity contribution in [3.05, 3.63) is 29.8 Å². The predicted octanol–water partition coefficient (Wildman–Crippen LogP) is 1.49. The SMILES string of the molecule is CN(Cc1ccccc1O)C(=O)[C@@H]1CCCCN1. The number of para-hydroxylation sites is 1. The van der Waals surface area contributed by atoms with E-state index in [1.807, 2.05) is 12.1 Å². The molecular formula is C14H20N2O2. The fraction of sp³-hybridized carbons (Fsp3) is 0.500. The number of hydrogen-bond acceptors (Lipinski definition) is 3. The van der Waals surface area contributed by atoms with Gasteiger partial charge in [0, 0.05) is 19.2 Å². The normalized spacial score (nSPS) is 19.5. The van der Waals surface area contributed by atoms with Gasteiger partial charge in [-0.3, -0.25) is 4.79 Å². The molecule has 1 fully saturated rings. The first-order valence-electron chi connectivity index (χ1n) is 6.43. The maximum atomic E-state index is 12.2. The number of nitrogens with zero attached hydrogens (tertiary/aromatic N) is 1. The van der Waals surface area contributed by atoms with Crippen molar-refractivity contribution in [2.24, 2.45) is 0 Å². The van der Waals surface area contributed by atoms with Gasteiger partial charge in [0.1, 0.15) is 5.75 Å². The van der Waals surface area contributed by atoms with Gasteiger partial charge in [-0.25, -0.2) is 0 Å². The zero-order valence-corrected chi connectivity index (χ0v) is 10.7. The molecule has 1 aliphatic heterocycles. The lowest BCUT2D eigenvalue weighted by Gasteiger charge is -2.27. The van der Waals surface area contributed by atoms with Gasteiger partial charge in [0.15, 0.2) is 0 Å². The number of carbonyl (C=O) groups is 1. The molecular weight excluding hydrogens is 228 g/mol. The number of benzene rings is 1. The van der Waals surface area contributed by atoms with E-state index in [1.54, 1.807) is 24.1 Å². The molecule has 1 aliphatic rings. The lowest BCUT2D eigenvalue weighted by Crippen LogP contribution is -2.46. The Kier molecular flexibility index (Phi) is 4.20. The van der Waals surface area contributed by atoms with Crippen LogP contribution in [0.2, 0.25) is 0 Å². The van der Waals surface area contributed by atoms with Crippen LogP contribution in [0.1, 0.15) is 24.8 Å². The molecule has 1 saturated heterocycles. The van der Waals surface area contributed by atoms with Crippen molar-refractivity contribution in [1.82, 2.24) is 10.2 Å². The summed E-state index contributed by atoms with van der Waals surface area (Å²) < 4.78 is 0. The first kappa shape index (κ1) is 12.9. The molecule has 1 heterocycles. The highest BCUT2D eigenvalue weighted by Crippen LogP contribution is 2.18. The summed E-state index contributed by atoms with van der Waals surface area (Å²) in [6.45, 7) is 1.37. The van der Waals surface area contributed by atoms with Gasteiger partial charge in [0.2, 0.25) is 5.91 Å². The predicted molar refractivity (Wildman–Crippen MR) is 70.2 cm³/mol. The molecule has 0 unspecified atom stereocenters. The van der Waals surface area contributed by atoms with Crippen molar-refractivity contribution in [3.8, 4) is 5.75 Å². The molecule has 1 amide bonds. The average molecular weight is 248 g/mol. The van der Waals surface area contributed by atoms with Crippen LogP contribution in [0.3, 0.4) is 0 Å². The van der Waals surface area contributed by atoms with Crippen molar-refractivity contribution in [1.29, 1.82) is 0 Å². The van der Waals surface area contributed by atoms with Gasteiger partial charge in [-0.05, 0) is 25.5 Å². The highest BCUT2D eigenvalue weighted by Gasteiger charge is 2.23. The molecule has 18 heavy (non-hydrogen) atoms. The topological polar surface area (TPSA) is 52.6 Å². The summed E-state index contributed by atoms with van der Waals surface area (Å²) in [4.78, 5) is 13.9. The Morgan fingerprint density at radius 3 is 2.89 bits per heavy atom. The molecule has 1 aromatic rings. The quantitative estimate of drug-likeness (QED) is 0.852. The van der Waals surface area contributed by atoms with E-state index >= 15 is 0 Å². The number of rotatable bonds is 3. The number of phenolic OH excluding ortho intramolecular Hbond substituents is 1. The van der Waals surface area contributed by atoms with Crippen LogP contribution in [0.15, 0.2) is 24.3 Å². The number of carbonyl (C=O) groups excluding carboxylic acids is 1. The summed E-state index contributed by atoms with van der Waals surface area (Å²) in [5, 5.41) is 12.9. The third-order valence-corrected chi connectivity index (χ3v) is 3.38. The molecule has 0 radical (unpaired) electrons. The molecule has 4 heteroatoms. The molecule has 2 N–H and O–H groups in total. The molecule has 0 saturated carbocycles. The third-order valence-electron chi connectivity index (χ3n) is 3.38. The largest absolute Gasteiger partial charge is 0.508 e. The summed E-state index contributed by atoms with van der Waals surface area (Å²) in [5.74, 6) is 0.353. The van der Waals surface area contributed by atoms with Crippen LogP contribution in [0.4, 0.5) is 0 Å². The van der Waals surface area contributed by atoms with E-state index in [2.05, 4.69) is 5.32 Å². The van der Waals surface area contributed by atoms with Crippen LogP contribution in [-0.4, -0.2) is 35.5 Å². The molecule has 1 atom stereocenters. The number of likely N-dealkylation sites (N-methyl/N-ethyl adjacent to an activating group) is 1. The molecule has 0 aliphatic carbocycles. The Balaban J connectivity index is 1.96. The average Bonchev–Trinajstić information content (AvgIpc) is 2.41. The summed E-state index contributed by atoms with van der Waals surface area (Å²) in [5.41, 5.74) is 0.782. The van der Waals surface area contributed by atoms with E-state index in [0.29, 0.717) is 6.54 Å². The third kappa shape index (κ3) is 3.01. The molecule has 0 bridgehead atoms. The lowest BCUT2D eigenvalue weighted by atomic mass is 10.0. The monoisotopic (exact) mass is 248 g/mol. The Hall–Kier alpha value is -1.55. The minimum Gasteiger partial charge on any atom is -0.508 e.